The van der Waals surface area contributed by atoms with Crippen LogP contribution in [-0.4, -0.2) is 50.0 Å². The van der Waals surface area contributed by atoms with Crippen molar-refractivity contribution in [3.63, 3.8) is 0 Å². The molecule has 2 aliphatic carbocycles. The van der Waals surface area contributed by atoms with Crippen LogP contribution in [0.3, 0.4) is 0 Å². The summed E-state index contributed by atoms with van der Waals surface area (Å²) in [7, 11) is -3.84. The summed E-state index contributed by atoms with van der Waals surface area (Å²) in [6, 6.07) is 11.4. The normalized spacial score (nSPS) is 33.4. The van der Waals surface area contributed by atoms with E-state index in [4.69, 9.17) is 16.3 Å². The van der Waals surface area contributed by atoms with Gasteiger partial charge in [0.05, 0.1) is 23.1 Å². The predicted octanol–water partition coefficient (Wildman–Crippen LogP) is 5.61. The molecule has 2 aromatic carbocycles. The first-order valence-electron chi connectivity index (χ1n) is 15.1. The van der Waals surface area contributed by atoms with Crippen molar-refractivity contribution >= 4 is 33.2 Å². The van der Waals surface area contributed by atoms with Gasteiger partial charge in [0.2, 0.25) is 10.0 Å². The molecule has 2 bridgehead atoms. The number of hydrogen-bond acceptors (Lipinski definition) is 6. The van der Waals surface area contributed by atoms with E-state index < -0.39 is 26.8 Å². The van der Waals surface area contributed by atoms with E-state index in [1.165, 1.54) is 11.1 Å². The Balaban J connectivity index is 1.42. The number of carbonyl (C=O) groups is 1. The van der Waals surface area contributed by atoms with Crippen LogP contribution in [0.25, 0.3) is 0 Å². The van der Waals surface area contributed by atoms with Crippen LogP contribution in [0.4, 0.5) is 5.69 Å². The molecule has 0 aromatic heterocycles. The number of benzene rings is 2. The van der Waals surface area contributed by atoms with Crippen molar-refractivity contribution < 1.29 is 23.1 Å². The first kappa shape index (κ1) is 28.8. The van der Waals surface area contributed by atoms with Crippen molar-refractivity contribution in [1.82, 2.24) is 4.72 Å². The van der Waals surface area contributed by atoms with E-state index in [2.05, 4.69) is 21.8 Å². The summed E-state index contributed by atoms with van der Waals surface area (Å²) in [5, 5.41) is 11.6. The summed E-state index contributed by atoms with van der Waals surface area (Å²) in [6.45, 7) is 5.55. The Kier molecular flexibility index (Phi) is 7.56. The van der Waals surface area contributed by atoms with E-state index in [0.717, 1.165) is 55.8 Å². The number of anilines is 1. The summed E-state index contributed by atoms with van der Waals surface area (Å²) in [5.41, 5.74) is 2.57. The topological polar surface area (TPSA) is 95.9 Å². The van der Waals surface area contributed by atoms with E-state index in [-0.39, 0.29) is 11.3 Å². The van der Waals surface area contributed by atoms with E-state index in [9.17, 15) is 18.3 Å². The Morgan fingerprint density at radius 3 is 2.68 bits per heavy atom. The minimum absolute atomic E-state index is 0.170. The van der Waals surface area contributed by atoms with Crippen molar-refractivity contribution in [2.24, 2.45) is 11.8 Å². The molecule has 5 atom stereocenters. The number of halogens is 1. The highest BCUT2D eigenvalue weighted by Gasteiger charge is 2.47. The highest BCUT2D eigenvalue weighted by atomic mass is 35.5. The highest BCUT2D eigenvalue weighted by molar-refractivity contribution is 7.90. The molecule has 41 heavy (non-hydrogen) atoms. The minimum Gasteiger partial charge on any atom is -0.490 e. The fourth-order valence-corrected chi connectivity index (χ4v) is 8.94. The number of nitrogens with one attached hydrogen (secondary N) is 1. The van der Waals surface area contributed by atoms with Gasteiger partial charge in [0.1, 0.15) is 5.75 Å². The Morgan fingerprint density at radius 1 is 1.07 bits per heavy atom. The Hall–Kier alpha value is -2.29. The number of ether oxygens (including phenoxy) is 1. The van der Waals surface area contributed by atoms with Gasteiger partial charge in [-0.15, -0.1) is 0 Å². The third-order valence-electron chi connectivity index (χ3n) is 10.3. The molecule has 0 unspecified atom stereocenters. The van der Waals surface area contributed by atoms with E-state index in [1.54, 1.807) is 25.1 Å². The average molecular weight is 601 g/mol. The van der Waals surface area contributed by atoms with Gasteiger partial charge in [0, 0.05) is 29.1 Å². The maximum atomic E-state index is 13.3. The van der Waals surface area contributed by atoms with Crippen molar-refractivity contribution in [2.75, 3.05) is 24.6 Å². The van der Waals surface area contributed by atoms with Gasteiger partial charge < -0.3 is 14.7 Å². The monoisotopic (exact) mass is 600 g/mol. The lowest BCUT2D eigenvalue weighted by Gasteiger charge is -2.49. The van der Waals surface area contributed by atoms with Crippen LogP contribution in [0.5, 0.6) is 5.75 Å². The Bertz CT molecular complexity index is 1440. The Labute approximate surface area is 248 Å². The fraction of sp³-hybridized carbons (Fsp3) is 0.594. The lowest BCUT2D eigenvalue weighted by atomic mass is 9.63. The van der Waals surface area contributed by atoms with Crippen LogP contribution >= 0.6 is 11.6 Å². The number of hydrogen-bond donors (Lipinski definition) is 2. The molecule has 2 aromatic rings. The van der Waals surface area contributed by atoms with Gasteiger partial charge in [-0.1, -0.05) is 30.5 Å². The van der Waals surface area contributed by atoms with Crippen LogP contribution in [-0.2, 0) is 21.9 Å². The fourth-order valence-electron chi connectivity index (χ4n) is 7.69. The zero-order valence-corrected chi connectivity index (χ0v) is 25.6. The molecule has 2 heterocycles. The lowest BCUT2D eigenvalue weighted by molar-refractivity contribution is -0.0742. The first-order chi connectivity index (χ1) is 19.5. The molecule has 7 nitrogen and oxygen atoms in total. The van der Waals surface area contributed by atoms with Gasteiger partial charge >= 0.3 is 0 Å². The van der Waals surface area contributed by atoms with Crippen molar-refractivity contribution in [3.05, 3.63) is 58.1 Å². The van der Waals surface area contributed by atoms with Crippen LogP contribution in [0.2, 0.25) is 5.02 Å². The second kappa shape index (κ2) is 10.8. The van der Waals surface area contributed by atoms with E-state index in [0.29, 0.717) is 49.6 Å². The molecule has 2 N–H and O–H groups in total. The van der Waals surface area contributed by atoms with Gasteiger partial charge in [-0.2, -0.15) is 0 Å². The number of rotatable bonds is 0. The number of sulfonamides is 1. The SMILES string of the molecule is C[C@@H]1CCCC[C@@](C)(O)[C@@H]2CC[C@H]2CN2C[C@@]3(CCCc4cc(Cl)ccc43)COc3ccc(cc32)C(=O)NS1(=O)=O. The number of carbonyl (C=O) groups excluding carboxylic acids is 1. The van der Waals surface area contributed by atoms with Gasteiger partial charge in [-0.3, -0.25) is 4.79 Å². The third-order valence-corrected chi connectivity index (χ3v) is 12.3. The molecule has 1 amide bonds. The molecular formula is C32H41ClN2O5S. The smallest absolute Gasteiger partial charge is 0.264 e. The highest BCUT2D eigenvalue weighted by Crippen LogP contribution is 2.48. The molecule has 4 aliphatic rings. The van der Waals surface area contributed by atoms with Crippen molar-refractivity contribution in [1.29, 1.82) is 0 Å². The minimum atomic E-state index is -3.84. The molecule has 1 spiro atoms. The van der Waals surface area contributed by atoms with Gasteiger partial charge in [0.15, 0.2) is 0 Å². The number of aliphatic hydroxyl groups is 1. The molecule has 9 heteroatoms. The van der Waals surface area contributed by atoms with Crippen LogP contribution in [0.15, 0.2) is 36.4 Å². The number of nitrogens with zero attached hydrogens (tertiary/aromatic N) is 1. The van der Waals surface area contributed by atoms with Gasteiger partial charge in [-0.05, 0) is 112 Å². The van der Waals surface area contributed by atoms with Crippen LogP contribution in [0, 0.1) is 11.8 Å². The predicted molar refractivity (Wildman–Crippen MR) is 161 cm³/mol. The van der Waals surface area contributed by atoms with E-state index >= 15 is 0 Å². The zero-order chi connectivity index (χ0) is 29.0. The summed E-state index contributed by atoms with van der Waals surface area (Å²) in [4.78, 5) is 15.6. The maximum Gasteiger partial charge on any atom is 0.264 e. The molecule has 0 radical (unpaired) electrons. The average Bonchev–Trinajstić information content (AvgIpc) is 3.05. The molecule has 0 saturated heterocycles. The number of aryl methyl sites for hydroxylation is 1. The summed E-state index contributed by atoms with van der Waals surface area (Å²) < 4.78 is 34.9. The quantitative estimate of drug-likeness (QED) is 0.408. The largest absolute Gasteiger partial charge is 0.490 e. The summed E-state index contributed by atoms with van der Waals surface area (Å²) in [5.74, 6) is 0.558. The number of amides is 1. The van der Waals surface area contributed by atoms with Crippen LogP contribution < -0.4 is 14.4 Å². The van der Waals surface area contributed by atoms with Crippen molar-refractivity contribution in [2.45, 2.75) is 87.9 Å². The van der Waals surface area contributed by atoms with Gasteiger partial charge in [-0.25, -0.2) is 13.1 Å². The van der Waals surface area contributed by atoms with Crippen molar-refractivity contribution in [3.8, 4) is 5.75 Å². The van der Waals surface area contributed by atoms with Gasteiger partial charge in [0.25, 0.3) is 5.91 Å². The Morgan fingerprint density at radius 2 is 1.90 bits per heavy atom. The maximum absolute atomic E-state index is 13.3. The summed E-state index contributed by atoms with van der Waals surface area (Å²) in [6.07, 6.45) is 7.51. The van der Waals surface area contributed by atoms with Crippen LogP contribution in [0.1, 0.15) is 86.7 Å². The molecular weight excluding hydrogens is 560 g/mol. The second-order valence-electron chi connectivity index (χ2n) is 13.1. The molecule has 222 valence electrons. The second-order valence-corrected chi connectivity index (χ2v) is 15.7. The molecule has 2 aliphatic heterocycles. The first-order valence-corrected chi connectivity index (χ1v) is 17.0. The molecule has 1 fully saturated rings. The lowest BCUT2D eigenvalue weighted by Crippen LogP contribution is -2.52. The standard InChI is InChI=1S/C32H41ClN2O5S/c1-21-6-3-4-14-31(2,37)26-11-8-24(26)18-35-19-32(15-5-7-22-16-25(33)10-12-27(22)32)20-40-29-13-9-23(17-28(29)35)30(36)34-41(21,38)39/h9-10,12-13,16-17,21,24,26,37H,3-8,11,14-15,18-20H2,1-2H3,(H,34,36)/t21-,24+,26-,31-,32+/m1/s1. The number of fused-ring (bicyclic) bond motifs is 4. The van der Waals surface area contributed by atoms with E-state index in [1.807, 2.05) is 13.0 Å². The summed E-state index contributed by atoms with van der Waals surface area (Å²) >= 11 is 6.39. The molecule has 6 rings (SSSR count). The zero-order valence-electron chi connectivity index (χ0n) is 24.0. The third kappa shape index (κ3) is 5.48. The molecule has 1 saturated carbocycles.